The summed E-state index contributed by atoms with van der Waals surface area (Å²) in [7, 11) is 0. The fraction of sp³-hybridized carbons (Fsp3) is 0.556. The van der Waals surface area contributed by atoms with Gasteiger partial charge in [0.25, 0.3) is 0 Å². The van der Waals surface area contributed by atoms with Crippen LogP contribution in [0.25, 0.3) is 0 Å². The standard InChI is InChI=1S/C18H25N3O5/c1-2-24-18(23)21-9-7-13(8-10-21)20-17(22)19-11-14-12-25-15-5-3-4-6-16(15)26-14/h3-6,13-14H,2,7-12H2,1H3,(H2,19,20,22)/t14-/m0/s1. The first-order chi connectivity index (χ1) is 12.7. The van der Waals surface area contributed by atoms with E-state index >= 15 is 0 Å². The van der Waals surface area contributed by atoms with Gasteiger partial charge in [0.05, 0.1) is 13.2 Å². The number of rotatable bonds is 4. The Kier molecular flexibility index (Phi) is 6.04. The Bertz CT molecular complexity index is 631. The maximum absolute atomic E-state index is 12.1. The van der Waals surface area contributed by atoms with Crippen LogP contribution in [-0.4, -0.2) is 62.0 Å². The molecule has 1 fully saturated rings. The highest BCUT2D eigenvalue weighted by molar-refractivity contribution is 5.74. The summed E-state index contributed by atoms with van der Waals surface area (Å²) in [5, 5.41) is 5.77. The van der Waals surface area contributed by atoms with Crippen LogP contribution in [0.5, 0.6) is 11.5 Å². The number of likely N-dealkylation sites (tertiary alicyclic amines) is 1. The molecule has 1 aromatic rings. The van der Waals surface area contributed by atoms with Gasteiger partial charge in [-0.15, -0.1) is 0 Å². The van der Waals surface area contributed by atoms with Crippen molar-refractivity contribution in [3.8, 4) is 11.5 Å². The molecule has 8 nitrogen and oxygen atoms in total. The number of carbonyl (C=O) groups excluding carboxylic acids is 2. The summed E-state index contributed by atoms with van der Waals surface area (Å²) >= 11 is 0. The molecule has 0 bridgehead atoms. The summed E-state index contributed by atoms with van der Waals surface area (Å²) in [6.07, 6.45) is 0.914. The fourth-order valence-electron chi connectivity index (χ4n) is 3.03. The van der Waals surface area contributed by atoms with Crippen LogP contribution >= 0.6 is 0 Å². The highest BCUT2D eigenvalue weighted by atomic mass is 16.6. The monoisotopic (exact) mass is 363 g/mol. The van der Waals surface area contributed by atoms with Crippen molar-refractivity contribution in [1.82, 2.24) is 15.5 Å². The molecule has 0 saturated carbocycles. The molecule has 0 radical (unpaired) electrons. The molecular weight excluding hydrogens is 338 g/mol. The Labute approximate surface area is 152 Å². The molecule has 26 heavy (non-hydrogen) atoms. The fourth-order valence-corrected chi connectivity index (χ4v) is 3.03. The first-order valence-corrected chi connectivity index (χ1v) is 9.00. The van der Waals surface area contributed by atoms with Crippen LogP contribution in [0.2, 0.25) is 0 Å². The smallest absolute Gasteiger partial charge is 0.409 e. The molecule has 2 heterocycles. The molecule has 0 spiro atoms. The summed E-state index contributed by atoms with van der Waals surface area (Å²) < 4.78 is 16.4. The normalized spacial score (nSPS) is 19.6. The number of piperidine rings is 1. The topological polar surface area (TPSA) is 89.1 Å². The molecule has 0 aliphatic carbocycles. The first kappa shape index (κ1) is 18.2. The third-order valence-corrected chi connectivity index (χ3v) is 4.41. The van der Waals surface area contributed by atoms with Gasteiger partial charge in [0.2, 0.25) is 0 Å². The van der Waals surface area contributed by atoms with Crippen molar-refractivity contribution >= 4 is 12.1 Å². The highest BCUT2D eigenvalue weighted by Gasteiger charge is 2.25. The van der Waals surface area contributed by atoms with Crippen molar-refractivity contribution in [3.63, 3.8) is 0 Å². The number of fused-ring (bicyclic) bond motifs is 1. The van der Waals surface area contributed by atoms with E-state index in [-0.39, 0.29) is 24.3 Å². The van der Waals surface area contributed by atoms with Crippen molar-refractivity contribution < 1.29 is 23.8 Å². The molecule has 3 rings (SSSR count). The lowest BCUT2D eigenvalue weighted by molar-refractivity contribution is 0.0904. The summed E-state index contributed by atoms with van der Waals surface area (Å²) in [6.45, 7) is 4.09. The summed E-state index contributed by atoms with van der Waals surface area (Å²) in [5.74, 6) is 1.42. The molecule has 142 valence electrons. The lowest BCUT2D eigenvalue weighted by Crippen LogP contribution is -2.51. The largest absolute Gasteiger partial charge is 0.486 e. The zero-order chi connectivity index (χ0) is 18.4. The minimum absolute atomic E-state index is 0.0462. The van der Waals surface area contributed by atoms with Gasteiger partial charge in [0.1, 0.15) is 6.61 Å². The van der Waals surface area contributed by atoms with Crippen molar-refractivity contribution in [2.45, 2.75) is 31.9 Å². The summed E-state index contributed by atoms with van der Waals surface area (Å²) in [4.78, 5) is 25.4. The molecule has 1 saturated heterocycles. The van der Waals surface area contributed by atoms with E-state index in [1.807, 2.05) is 24.3 Å². The van der Waals surface area contributed by atoms with E-state index < -0.39 is 0 Å². The minimum Gasteiger partial charge on any atom is -0.486 e. The van der Waals surface area contributed by atoms with E-state index in [4.69, 9.17) is 14.2 Å². The van der Waals surface area contributed by atoms with E-state index in [1.54, 1.807) is 11.8 Å². The average Bonchev–Trinajstić information content (AvgIpc) is 2.67. The Morgan fingerprint density at radius 1 is 1.23 bits per heavy atom. The van der Waals surface area contributed by atoms with Crippen molar-refractivity contribution in [1.29, 1.82) is 0 Å². The van der Waals surface area contributed by atoms with E-state index in [0.29, 0.717) is 51.4 Å². The number of carbonyl (C=O) groups is 2. The van der Waals surface area contributed by atoms with Crippen molar-refractivity contribution in [3.05, 3.63) is 24.3 Å². The zero-order valence-electron chi connectivity index (χ0n) is 14.9. The Morgan fingerprint density at radius 2 is 1.96 bits per heavy atom. The molecule has 1 atom stereocenters. The van der Waals surface area contributed by atoms with Crippen LogP contribution in [-0.2, 0) is 4.74 Å². The minimum atomic E-state index is -0.287. The lowest BCUT2D eigenvalue weighted by atomic mass is 10.1. The number of hydrogen-bond acceptors (Lipinski definition) is 5. The number of hydrogen-bond donors (Lipinski definition) is 2. The molecule has 8 heteroatoms. The van der Waals surface area contributed by atoms with Crippen LogP contribution in [0.15, 0.2) is 24.3 Å². The van der Waals surface area contributed by atoms with E-state index in [2.05, 4.69) is 10.6 Å². The van der Waals surface area contributed by atoms with Crippen LogP contribution in [0.4, 0.5) is 9.59 Å². The van der Waals surface area contributed by atoms with Crippen molar-refractivity contribution in [2.24, 2.45) is 0 Å². The van der Waals surface area contributed by atoms with Gasteiger partial charge >= 0.3 is 12.1 Å². The Hall–Kier alpha value is -2.64. The molecule has 2 aliphatic heterocycles. The van der Waals surface area contributed by atoms with E-state index in [9.17, 15) is 9.59 Å². The second-order valence-electron chi connectivity index (χ2n) is 6.31. The number of urea groups is 1. The van der Waals surface area contributed by atoms with Gasteiger partial charge in [0, 0.05) is 19.1 Å². The van der Waals surface area contributed by atoms with Gasteiger partial charge in [-0.25, -0.2) is 9.59 Å². The number of amides is 3. The number of nitrogens with zero attached hydrogens (tertiary/aromatic N) is 1. The van der Waals surface area contributed by atoms with Gasteiger partial charge in [-0.3, -0.25) is 0 Å². The predicted octanol–water partition coefficient (Wildman–Crippen LogP) is 1.75. The Morgan fingerprint density at radius 3 is 2.69 bits per heavy atom. The maximum Gasteiger partial charge on any atom is 0.409 e. The number of benzene rings is 1. The Balaban J connectivity index is 1.36. The first-order valence-electron chi connectivity index (χ1n) is 9.00. The predicted molar refractivity (Wildman–Crippen MR) is 94.5 cm³/mol. The molecular formula is C18H25N3O5. The maximum atomic E-state index is 12.1. The van der Waals surface area contributed by atoms with Crippen LogP contribution in [0, 0.1) is 0 Å². The molecule has 1 aromatic carbocycles. The highest BCUT2D eigenvalue weighted by Crippen LogP contribution is 2.30. The molecule has 2 aliphatic rings. The van der Waals surface area contributed by atoms with Crippen molar-refractivity contribution in [2.75, 3.05) is 32.8 Å². The third-order valence-electron chi connectivity index (χ3n) is 4.41. The van der Waals surface area contributed by atoms with Gasteiger partial charge in [-0.1, -0.05) is 12.1 Å². The van der Waals surface area contributed by atoms with Gasteiger partial charge < -0.3 is 29.7 Å². The second kappa shape index (κ2) is 8.64. The van der Waals surface area contributed by atoms with E-state index in [0.717, 1.165) is 5.75 Å². The van der Waals surface area contributed by atoms with Crippen LogP contribution in [0.1, 0.15) is 19.8 Å². The number of para-hydroxylation sites is 2. The number of ether oxygens (including phenoxy) is 3. The third kappa shape index (κ3) is 4.71. The molecule has 2 N–H and O–H groups in total. The van der Waals surface area contributed by atoms with Gasteiger partial charge in [-0.05, 0) is 31.9 Å². The summed E-state index contributed by atoms with van der Waals surface area (Å²) in [6, 6.07) is 7.29. The quantitative estimate of drug-likeness (QED) is 0.851. The molecule has 0 aromatic heterocycles. The van der Waals surface area contributed by atoms with Gasteiger partial charge in [-0.2, -0.15) is 0 Å². The SMILES string of the molecule is CCOC(=O)N1CCC(NC(=O)NC[C@H]2COc3ccccc3O2)CC1. The average molecular weight is 363 g/mol. The van der Waals surface area contributed by atoms with E-state index in [1.165, 1.54) is 0 Å². The zero-order valence-corrected chi connectivity index (χ0v) is 14.9. The van der Waals surface area contributed by atoms with Crippen LogP contribution < -0.4 is 20.1 Å². The van der Waals surface area contributed by atoms with Crippen LogP contribution in [0.3, 0.4) is 0 Å². The molecule has 3 amide bonds. The second-order valence-corrected chi connectivity index (χ2v) is 6.31. The summed E-state index contributed by atoms with van der Waals surface area (Å²) in [5.41, 5.74) is 0. The number of nitrogens with one attached hydrogen (secondary N) is 2. The lowest BCUT2D eigenvalue weighted by Gasteiger charge is -2.32. The molecule has 0 unspecified atom stereocenters. The van der Waals surface area contributed by atoms with Gasteiger partial charge in [0.15, 0.2) is 17.6 Å².